The first-order valence-electron chi connectivity index (χ1n) is 7.41. The molecule has 6 atom stereocenters. The molecular formula is C14H24N4. The minimum absolute atomic E-state index is 0.0343. The van der Waals surface area contributed by atoms with Crippen molar-refractivity contribution in [2.45, 2.75) is 61.6 Å². The summed E-state index contributed by atoms with van der Waals surface area (Å²) in [6, 6.07) is 0. The van der Waals surface area contributed by atoms with Gasteiger partial charge in [-0.15, -0.1) is 0 Å². The second kappa shape index (κ2) is 2.20. The number of hydrogen-bond donors (Lipinski definition) is 4. The lowest BCUT2D eigenvalue weighted by molar-refractivity contribution is -0.0323. The average Bonchev–Trinajstić information content (AvgIpc) is 3.16. The third-order valence-electron chi connectivity index (χ3n) is 7.89. The van der Waals surface area contributed by atoms with Crippen LogP contribution < -0.4 is 22.9 Å². The molecule has 100 valence electrons. The summed E-state index contributed by atoms with van der Waals surface area (Å²) >= 11 is 0. The fourth-order valence-corrected chi connectivity index (χ4v) is 7.26. The van der Waals surface area contributed by atoms with Crippen LogP contribution in [-0.4, -0.2) is 23.2 Å². The van der Waals surface area contributed by atoms with Gasteiger partial charge in [-0.1, -0.05) is 0 Å². The number of rotatable bonds is 3. The molecule has 6 unspecified atom stereocenters. The van der Waals surface area contributed by atoms with Gasteiger partial charge in [0.05, 0.1) is 0 Å². The summed E-state index contributed by atoms with van der Waals surface area (Å²) in [6.07, 6.45) is 8.03. The highest BCUT2D eigenvalue weighted by molar-refractivity contribution is 5.60. The maximum Gasteiger partial charge on any atom is 0.0248 e. The summed E-state index contributed by atoms with van der Waals surface area (Å²) in [6.45, 7) is 0.752. The van der Waals surface area contributed by atoms with E-state index >= 15 is 0 Å². The van der Waals surface area contributed by atoms with Gasteiger partial charge >= 0.3 is 0 Å². The van der Waals surface area contributed by atoms with Crippen LogP contribution in [0.1, 0.15) is 44.9 Å². The lowest BCUT2D eigenvalue weighted by Crippen LogP contribution is -2.55. The van der Waals surface area contributed by atoms with E-state index in [2.05, 4.69) is 0 Å². The molecule has 5 aliphatic rings. The van der Waals surface area contributed by atoms with E-state index in [9.17, 15) is 0 Å². The van der Waals surface area contributed by atoms with Crippen LogP contribution >= 0.6 is 0 Å². The van der Waals surface area contributed by atoms with E-state index < -0.39 is 0 Å². The van der Waals surface area contributed by atoms with Gasteiger partial charge in [-0.2, -0.15) is 0 Å². The Bertz CT molecular complexity index is 494. The van der Waals surface area contributed by atoms with Gasteiger partial charge in [0.25, 0.3) is 0 Å². The Hall–Kier alpha value is -0.160. The number of nitrogens with two attached hydrogens (primary N) is 4. The topological polar surface area (TPSA) is 104 Å². The van der Waals surface area contributed by atoms with Crippen molar-refractivity contribution in [1.82, 2.24) is 0 Å². The fraction of sp³-hybridized carbons (Fsp3) is 1.00. The van der Waals surface area contributed by atoms with Crippen LogP contribution in [0.5, 0.6) is 0 Å². The van der Waals surface area contributed by atoms with E-state index in [1.807, 2.05) is 0 Å². The Balaban J connectivity index is 1.51. The molecule has 5 rings (SSSR count). The van der Waals surface area contributed by atoms with Gasteiger partial charge in [0, 0.05) is 22.0 Å². The standard InChI is InChI=1S/C14H24N4/c15-3-1-2-11(16)5-9(11)4-10-6-12(10,17)7-13(18)8-14(9,10)13/h1-8,15-18H2. The van der Waals surface area contributed by atoms with Crippen LogP contribution in [0, 0.1) is 16.2 Å². The van der Waals surface area contributed by atoms with E-state index in [1.54, 1.807) is 0 Å². The van der Waals surface area contributed by atoms with Crippen LogP contribution in [-0.2, 0) is 0 Å². The zero-order valence-corrected chi connectivity index (χ0v) is 11.0. The first kappa shape index (κ1) is 10.6. The molecule has 3 spiro atoms. The van der Waals surface area contributed by atoms with Crippen LogP contribution in [0.25, 0.3) is 0 Å². The SMILES string of the molecule is NCCCC1(N)CC12CC13CC1(N)CC1(N)CC123. The predicted octanol–water partition coefficient (Wildman–Crippen LogP) is -0.204. The van der Waals surface area contributed by atoms with E-state index in [1.165, 1.54) is 25.7 Å². The molecule has 0 aromatic rings. The average molecular weight is 248 g/mol. The molecule has 0 heterocycles. The van der Waals surface area contributed by atoms with Gasteiger partial charge in [0.1, 0.15) is 0 Å². The van der Waals surface area contributed by atoms with Crippen molar-refractivity contribution >= 4 is 0 Å². The Morgan fingerprint density at radius 3 is 2.22 bits per heavy atom. The summed E-state index contributed by atoms with van der Waals surface area (Å²) in [4.78, 5) is 0. The fourth-order valence-electron chi connectivity index (χ4n) is 7.26. The molecule has 4 heteroatoms. The van der Waals surface area contributed by atoms with E-state index in [-0.39, 0.29) is 16.6 Å². The van der Waals surface area contributed by atoms with Crippen molar-refractivity contribution < 1.29 is 0 Å². The Morgan fingerprint density at radius 1 is 0.778 bits per heavy atom. The summed E-state index contributed by atoms with van der Waals surface area (Å²) < 4.78 is 0. The van der Waals surface area contributed by atoms with Gasteiger partial charge < -0.3 is 22.9 Å². The lowest BCUT2D eigenvalue weighted by atomic mass is 9.52. The third kappa shape index (κ3) is 0.640. The van der Waals surface area contributed by atoms with Crippen LogP contribution in [0.3, 0.4) is 0 Å². The molecule has 4 nitrogen and oxygen atoms in total. The van der Waals surface area contributed by atoms with Crippen molar-refractivity contribution in [2.24, 2.45) is 39.2 Å². The largest absolute Gasteiger partial charge is 0.330 e. The van der Waals surface area contributed by atoms with Crippen molar-refractivity contribution in [1.29, 1.82) is 0 Å². The zero-order valence-electron chi connectivity index (χ0n) is 11.0. The monoisotopic (exact) mass is 248 g/mol. The van der Waals surface area contributed by atoms with Gasteiger partial charge in [-0.25, -0.2) is 0 Å². The third-order valence-corrected chi connectivity index (χ3v) is 7.89. The second-order valence-corrected chi connectivity index (χ2v) is 8.31. The second-order valence-electron chi connectivity index (χ2n) is 8.31. The molecular weight excluding hydrogens is 224 g/mol. The lowest BCUT2D eigenvalue weighted by Gasteiger charge is -2.52. The van der Waals surface area contributed by atoms with Crippen LogP contribution in [0.2, 0.25) is 0 Å². The molecule has 5 aliphatic carbocycles. The highest BCUT2D eigenvalue weighted by Crippen LogP contribution is 3.04. The summed E-state index contributed by atoms with van der Waals surface area (Å²) in [7, 11) is 0. The molecule has 0 bridgehead atoms. The van der Waals surface area contributed by atoms with Crippen molar-refractivity contribution in [2.75, 3.05) is 6.54 Å². The molecule has 0 saturated heterocycles. The van der Waals surface area contributed by atoms with Gasteiger partial charge in [-0.05, 0) is 62.3 Å². The number of hydrogen-bond acceptors (Lipinski definition) is 4. The first-order chi connectivity index (χ1) is 8.35. The molecule has 5 fully saturated rings. The molecule has 0 aliphatic heterocycles. The molecule has 18 heavy (non-hydrogen) atoms. The van der Waals surface area contributed by atoms with E-state index in [0.29, 0.717) is 16.2 Å². The van der Waals surface area contributed by atoms with Crippen LogP contribution in [0.4, 0.5) is 0 Å². The Labute approximate surface area is 108 Å². The minimum atomic E-state index is 0.0343. The summed E-state index contributed by atoms with van der Waals surface area (Å²) in [5.41, 5.74) is 26.7. The van der Waals surface area contributed by atoms with Crippen LogP contribution in [0.15, 0.2) is 0 Å². The molecule has 0 radical (unpaired) electrons. The highest BCUT2D eigenvalue weighted by atomic mass is 15.2. The zero-order chi connectivity index (χ0) is 12.7. The summed E-state index contributed by atoms with van der Waals surface area (Å²) in [5, 5.41) is 0. The quantitative estimate of drug-likeness (QED) is 0.555. The van der Waals surface area contributed by atoms with Crippen molar-refractivity contribution in [3.63, 3.8) is 0 Å². The minimum Gasteiger partial charge on any atom is -0.330 e. The molecule has 0 aromatic carbocycles. The van der Waals surface area contributed by atoms with E-state index in [4.69, 9.17) is 22.9 Å². The maximum absolute atomic E-state index is 6.67. The molecule has 0 aromatic heterocycles. The Kier molecular flexibility index (Phi) is 1.30. The van der Waals surface area contributed by atoms with Gasteiger partial charge in [0.2, 0.25) is 0 Å². The molecule has 8 N–H and O–H groups in total. The Morgan fingerprint density at radius 2 is 1.56 bits per heavy atom. The first-order valence-corrected chi connectivity index (χ1v) is 7.41. The highest BCUT2D eigenvalue weighted by Gasteiger charge is 3.06. The molecule has 0 amide bonds. The van der Waals surface area contributed by atoms with Gasteiger partial charge in [-0.3, -0.25) is 0 Å². The van der Waals surface area contributed by atoms with Crippen molar-refractivity contribution in [3.05, 3.63) is 0 Å². The van der Waals surface area contributed by atoms with Gasteiger partial charge in [0.15, 0.2) is 0 Å². The smallest absolute Gasteiger partial charge is 0.0248 e. The summed E-state index contributed by atoms with van der Waals surface area (Å²) in [5.74, 6) is 0. The molecule has 5 saturated carbocycles. The normalized spacial score (nSPS) is 73.3. The van der Waals surface area contributed by atoms with E-state index in [0.717, 1.165) is 25.8 Å². The maximum atomic E-state index is 6.67. The predicted molar refractivity (Wildman–Crippen MR) is 69.4 cm³/mol. The van der Waals surface area contributed by atoms with Crippen molar-refractivity contribution in [3.8, 4) is 0 Å².